The molecule has 0 aliphatic carbocycles. The smallest absolute Gasteiger partial charge is 0.253 e. The van der Waals surface area contributed by atoms with E-state index >= 15 is 0 Å². The minimum absolute atomic E-state index is 0.204. The van der Waals surface area contributed by atoms with Gasteiger partial charge in [-0.3, -0.25) is 14.6 Å². The molecular weight excluding hydrogens is 422 g/mol. The van der Waals surface area contributed by atoms with Crippen LogP contribution in [0.1, 0.15) is 39.8 Å². The monoisotopic (exact) mass is 447 g/mol. The Morgan fingerprint density at radius 2 is 2.00 bits per heavy atom. The first kappa shape index (κ1) is 21.8. The highest BCUT2D eigenvalue weighted by Gasteiger charge is 2.21. The maximum atomic E-state index is 13.3. The van der Waals surface area contributed by atoms with Crippen LogP contribution in [0, 0.1) is 13.8 Å². The van der Waals surface area contributed by atoms with Gasteiger partial charge in [0.1, 0.15) is 5.69 Å². The molecule has 1 unspecified atom stereocenters. The summed E-state index contributed by atoms with van der Waals surface area (Å²) < 4.78 is 0. The van der Waals surface area contributed by atoms with Gasteiger partial charge in [0, 0.05) is 23.3 Å². The number of pyridine rings is 1. The number of amides is 1. The third kappa shape index (κ3) is 4.45. The van der Waals surface area contributed by atoms with E-state index in [9.17, 15) is 9.59 Å². The summed E-state index contributed by atoms with van der Waals surface area (Å²) in [6, 6.07) is 12.2. The van der Waals surface area contributed by atoms with Crippen LogP contribution < -0.4 is 10.9 Å². The fourth-order valence-corrected chi connectivity index (χ4v) is 4.19. The van der Waals surface area contributed by atoms with E-state index in [1.165, 1.54) is 6.07 Å². The fourth-order valence-electron chi connectivity index (χ4n) is 3.72. The van der Waals surface area contributed by atoms with E-state index in [1.807, 2.05) is 44.4 Å². The fraction of sp³-hybridized carbons (Fsp3) is 0.250. The summed E-state index contributed by atoms with van der Waals surface area (Å²) in [5.41, 5.74) is 4.36. The van der Waals surface area contributed by atoms with Gasteiger partial charge in [-0.1, -0.05) is 18.2 Å². The SMILES string of the molecule is CSCCC(NC(=O)c1cccc2c(C)c(C)[nH]c12)c1cc(=O)[nH]c(-c2ccccn2)n1. The summed E-state index contributed by atoms with van der Waals surface area (Å²) in [5.74, 6) is 0.988. The van der Waals surface area contributed by atoms with E-state index < -0.39 is 6.04 Å². The quantitative estimate of drug-likeness (QED) is 0.395. The van der Waals surface area contributed by atoms with Gasteiger partial charge in [-0.05, 0) is 56.0 Å². The summed E-state index contributed by atoms with van der Waals surface area (Å²) >= 11 is 1.68. The van der Waals surface area contributed by atoms with E-state index in [2.05, 4.69) is 25.3 Å². The van der Waals surface area contributed by atoms with Gasteiger partial charge in [0.2, 0.25) is 0 Å². The molecular formula is C24H25N5O2S. The Bertz CT molecular complexity index is 1310. The van der Waals surface area contributed by atoms with Gasteiger partial charge < -0.3 is 15.3 Å². The number of H-pyrrole nitrogens is 2. The minimum atomic E-state index is -0.410. The number of carbonyl (C=O) groups is 1. The molecule has 1 amide bonds. The molecule has 7 nitrogen and oxygen atoms in total. The van der Waals surface area contributed by atoms with Gasteiger partial charge >= 0.3 is 0 Å². The van der Waals surface area contributed by atoms with Crippen LogP contribution in [-0.2, 0) is 0 Å². The zero-order valence-electron chi connectivity index (χ0n) is 18.2. The summed E-state index contributed by atoms with van der Waals surface area (Å²) in [4.78, 5) is 40.7. The maximum Gasteiger partial charge on any atom is 0.253 e. The maximum absolute atomic E-state index is 13.3. The van der Waals surface area contributed by atoms with Gasteiger partial charge in [0.15, 0.2) is 5.82 Å². The van der Waals surface area contributed by atoms with Crippen molar-refractivity contribution in [1.29, 1.82) is 0 Å². The lowest BCUT2D eigenvalue weighted by Crippen LogP contribution is -2.31. The van der Waals surface area contributed by atoms with Crippen molar-refractivity contribution in [3.63, 3.8) is 0 Å². The van der Waals surface area contributed by atoms with Gasteiger partial charge in [0.25, 0.3) is 11.5 Å². The molecule has 3 heterocycles. The van der Waals surface area contributed by atoms with Crippen molar-refractivity contribution in [2.45, 2.75) is 26.3 Å². The molecule has 32 heavy (non-hydrogen) atoms. The number of carbonyl (C=O) groups excluding carboxylic acids is 1. The van der Waals surface area contributed by atoms with Gasteiger partial charge in [-0.2, -0.15) is 11.8 Å². The number of rotatable bonds is 7. The van der Waals surface area contributed by atoms with Crippen LogP contribution in [0.15, 0.2) is 53.5 Å². The number of nitrogens with zero attached hydrogens (tertiary/aromatic N) is 2. The summed E-state index contributed by atoms with van der Waals surface area (Å²) in [7, 11) is 0. The lowest BCUT2D eigenvalue weighted by Gasteiger charge is -2.19. The molecule has 3 N–H and O–H groups in total. The molecule has 0 aliphatic rings. The third-order valence-electron chi connectivity index (χ3n) is 5.53. The molecule has 164 valence electrons. The molecule has 0 fully saturated rings. The van der Waals surface area contributed by atoms with Crippen molar-refractivity contribution in [2.24, 2.45) is 0 Å². The second-order valence-corrected chi connectivity index (χ2v) is 8.63. The number of benzene rings is 1. The highest BCUT2D eigenvalue weighted by Crippen LogP contribution is 2.25. The molecule has 8 heteroatoms. The summed E-state index contributed by atoms with van der Waals surface area (Å²) in [6.07, 6.45) is 4.30. The molecule has 0 saturated carbocycles. The highest BCUT2D eigenvalue weighted by atomic mass is 32.2. The molecule has 0 saturated heterocycles. The Balaban J connectivity index is 1.70. The van der Waals surface area contributed by atoms with Crippen LogP contribution in [0.4, 0.5) is 0 Å². The first-order chi connectivity index (χ1) is 15.5. The number of aromatic nitrogens is 4. The average Bonchev–Trinajstić information content (AvgIpc) is 3.10. The normalized spacial score (nSPS) is 12.1. The van der Waals surface area contributed by atoms with Crippen molar-refractivity contribution in [3.05, 3.63) is 81.5 Å². The van der Waals surface area contributed by atoms with Crippen LogP contribution in [0.5, 0.6) is 0 Å². The second kappa shape index (κ2) is 9.40. The minimum Gasteiger partial charge on any atom is -0.358 e. The average molecular weight is 448 g/mol. The van der Waals surface area contributed by atoms with E-state index in [1.54, 1.807) is 30.1 Å². The molecule has 0 radical (unpaired) electrons. The lowest BCUT2D eigenvalue weighted by molar-refractivity contribution is 0.0936. The zero-order valence-corrected chi connectivity index (χ0v) is 19.0. The number of aryl methyl sites for hydroxylation is 2. The number of para-hydroxylation sites is 1. The second-order valence-electron chi connectivity index (χ2n) is 7.64. The Morgan fingerprint density at radius 1 is 1.16 bits per heavy atom. The Kier molecular flexibility index (Phi) is 6.41. The lowest BCUT2D eigenvalue weighted by atomic mass is 10.1. The van der Waals surface area contributed by atoms with Gasteiger partial charge in [-0.25, -0.2) is 4.98 Å². The van der Waals surface area contributed by atoms with E-state index in [0.717, 1.165) is 27.9 Å². The number of hydrogen-bond donors (Lipinski definition) is 3. The Hall–Kier alpha value is -3.39. The summed E-state index contributed by atoms with van der Waals surface area (Å²) in [6.45, 7) is 4.04. The molecule has 4 aromatic rings. The van der Waals surface area contributed by atoms with Crippen molar-refractivity contribution in [1.82, 2.24) is 25.3 Å². The zero-order chi connectivity index (χ0) is 22.7. The summed E-state index contributed by atoms with van der Waals surface area (Å²) in [5, 5.41) is 4.13. The number of fused-ring (bicyclic) bond motifs is 1. The Morgan fingerprint density at radius 3 is 2.75 bits per heavy atom. The molecule has 1 aromatic carbocycles. The van der Waals surface area contributed by atoms with Crippen LogP contribution in [0.2, 0.25) is 0 Å². The first-order valence-electron chi connectivity index (χ1n) is 10.4. The molecule has 0 bridgehead atoms. The predicted octanol–water partition coefficient (Wildman–Crippen LogP) is 4.15. The predicted molar refractivity (Wildman–Crippen MR) is 129 cm³/mol. The van der Waals surface area contributed by atoms with Crippen molar-refractivity contribution >= 4 is 28.6 Å². The molecule has 0 aliphatic heterocycles. The van der Waals surface area contributed by atoms with Crippen molar-refractivity contribution in [3.8, 4) is 11.5 Å². The van der Waals surface area contributed by atoms with Gasteiger partial charge in [-0.15, -0.1) is 0 Å². The van der Waals surface area contributed by atoms with Crippen LogP contribution in [0.3, 0.4) is 0 Å². The number of nitrogens with one attached hydrogen (secondary N) is 3. The third-order valence-corrected chi connectivity index (χ3v) is 6.17. The topological polar surface area (TPSA) is 104 Å². The van der Waals surface area contributed by atoms with E-state index in [-0.39, 0.29) is 11.5 Å². The molecule has 4 rings (SSSR count). The van der Waals surface area contributed by atoms with Crippen LogP contribution in [0.25, 0.3) is 22.4 Å². The van der Waals surface area contributed by atoms with Crippen LogP contribution in [-0.4, -0.2) is 37.9 Å². The Labute approximate surface area is 190 Å². The molecule has 0 spiro atoms. The number of thioether (sulfide) groups is 1. The molecule has 1 atom stereocenters. The standard InChI is InChI=1S/C24H25N5O2S/c1-14-15(2)26-22-16(14)7-6-8-17(22)24(31)28-18(10-12-32-3)20-13-21(30)29-23(27-20)19-9-4-5-11-25-19/h4-9,11,13,18,26H,10,12H2,1-3H3,(H,28,31)(H,27,29,30). The highest BCUT2D eigenvalue weighted by molar-refractivity contribution is 7.98. The van der Waals surface area contributed by atoms with E-state index in [0.29, 0.717) is 29.2 Å². The number of hydrogen-bond acceptors (Lipinski definition) is 5. The van der Waals surface area contributed by atoms with Crippen molar-refractivity contribution < 1.29 is 4.79 Å². The van der Waals surface area contributed by atoms with Crippen molar-refractivity contribution in [2.75, 3.05) is 12.0 Å². The van der Waals surface area contributed by atoms with E-state index in [4.69, 9.17) is 0 Å². The largest absolute Gasteiger partial charge is 0.358 e. The first-order valence-corrected chi connectivity index (χ1v) is 11.8. The van der Waals surface area contributed by atoms with Gasteiger partial charge in [0.05, 0.1) is 22.8 Å². The molecule has 3 aromatic heterocycles. The van der Waals surface area contributed by atoms with Crippen LogP contribution >= 0.6 is 11.8 Å². The number of aromatic amines is 2.